The van der Waals surface area contributed by atoms with Crippen LogP contribution in [0.2, 0.25) is 0 Å². The highest BCUT2D eigenvalue weighted by molar-refractivity contribution is 5.82. The van der Waals surface area contributed by atoms with Crippen molar-refractivity contribution in [3.8, 4) is 0 Å². The van der Waals surface area contributed by atoms with E-state index < -0.39 is 0 Å². The maximum Gasteiger partial charge on any atom is 0.160 e. The lowest BCUT2D eigenvalue weighted by molar-refractivity contribution is 0.685. The Morgan fingerprint density at radius 3 is 2.86 bits per heavy atom. The molecule has 1 saturated heterocycles. The molecule has 1 saturated carbocycles. The molecule has 36 heavy (non-hydrogen) atoms. The predicted molar refractivity (Wildman–Crippen MR) is 148 cm³/mol. The van der Waals surface area contributed by atoms with Gasteiger partial charge in [-0.05, 0) is 73.4 Å². The van der Waals surface area contributed by atoms with Crippen LogP contribution in [0.15, 0.2) is 84.2 Å². The minimum Gasteiger partial charge on any atom is -0.356 e. The first kappa shape index (κ1) is 22.3. The quantitative estimate of drug-likeness (QED) is 0.266. The number of hydrogen-bond donors (Lipinski definition) is 1. The minimum absolute atomic E-state index is 0.706. The third-order valence-electron chi connectivity index (χ3n) is 7.24. The van der Waals surface area contributed by atoms with Crippen LogP contribution in [0.3, 0.4) is 0 Å². The number of hydrazone groups is 1. The summed E-state index contributed by atoms with van der Waals surface area (Å²) in [7, 11) is 0. The van der Waals surface area contributed by atoms with Crippen molar-refractivity contribution in [3.63, 3.8) is 0 Å². The molecule has 6 heteroatoms. The standard InChI is InChI=1S/C30H30N6/c1-21(2)24-11-7-8-22(16-24)20-31-33-28-19-30(35-14-12-25-17-26(25)13-15-35)36-29(32-28)18-27(34-36)23-9-5-3-4-6-10-23/h3,5-11,16,18-20,25-26H,1,12-15,17H2,2H3,(H,32,33)/b31-20+/t25-,26?/m1/s1. The van der Waals surface area contributed by atoms with Crippen LogP contribution in [0.25, 0.3) is 16.8 Å². The van der Waals surface area contributed by atoms with E-state index in [1.807, 2.05) is 60.2 Å². The molecule has 1 aliphatic heterocycles. The lowest BCUT2D eigenvalue weighted by Gasteiger charge is -2.24. The first-order chi connectivity index (χ1) is 17.6. The van der Waals surface area contributed by atoms with Crippen molar-refractivity contribution in [2.24, 2.45) is 16.9 Å². The third-order valence-corrected chi connectivity index (χ3v) is 7.24. The number of aromatic nitrogens is 3. The van der Waals surface area contributed by atoms with E-state index in [0.29, 0.717) is 5.82 Å². The van der Waals surface area contributed by atoms with Crippen LogP contribution >= 0.6 is 0 Å². The van der Waals surface area contributed by atoms with Crippen LogP contribution in [0, 0.1) is 11.8 Å². The van der Waals surface area contributed by atoms with Crippen molar-refractivity contribution in [3.05, 3.63) is 95.9 Å². The van der Waals surface area contributed by atoms with Crippen LogP contribution in [0.5, 0.6) is 0 Å². The Hall–Kier alpha value is -4.15. The Balaban J connectivity index is 1.33. The van der Waals surface area contributed by atoms with E-state index in [2.05, 4.69) is 52.0 Å². The average Bonchev–Trinajstić information content (AvgIpc) is 3.61. The van der Waals surface area contributed by atoms with Gasteiger partial charge in [-0.1, -0.05) is 42.5 Å². The van der Waals surface area contributed by atoms with Crippen LogP contribution in [-0.4, -0.2) is 33.9 Å². The van der Waals surface area contributed by atoms with Gasteiger partial charge in [0.15, 0.2) is 11.5 Å². The number of allylic oxidation sites excluding steroid dienone is 6. The van der Waals surface area contributed by atoms with Gasteiger partial charge in [0.05, 0.1) is 11.9 Å². The van der Waals surface area contributed by atoms with Crippen molar-refractivity contribution in [1.29, 1.82) is 0 Å². The van der Waals surface area contributed by atoms with E-state index in [-0.39, 0.29) is 0 Å². The maximum absolute atomic E-state index is 4.97. The predicted octanol–water partition coefficient (Wildman–Crippen LogP) is 6.11. The van der Waals surface area contributed by atoms with Gasteiger partial charge in [0.1, 0.15) is 5.82 Å². The SMILES string of the molecule is C=C(C)c1cccc(/C=N/Nc2cc(N3CCC4C[C@H]4CC3)n3nc(C4=CC=C=CC=C4)cc3n2)c1. The molecule has 2 fully saturated rings. The first-order valence-corrected chi connectivity index (χ1v) is 12.6. The summed E-state index contributed by atoms with van der Waals surface area (Å²) in [6, 6.07) is 12.3. The summed E-state index contributed by atoms with van der Waals surface area (Å²) in [5.41, 5.74) is 12.2. The summed E-state index contributed by atoms with van der Waals surface area (Å²) in [5, 5.41) is 9.46. The Bertz CT molecular complexity index is 1470. The molecule has 2 atom stereocenters. The van der Waals surface area contributed by atoms with Crippen molar-refractivity contribution in [2.75, 3.05) is 23.4 Å². The largest absolute Gasteiger partial charge is 0.356 e. The second-order valence-corrected chi connectivity index (χ2v) is 9.88. The molecular formula is C30H30N6. The van der Waals surface area contributed by atoms with Gasteiger partial charge in [-0.15, -0.1) is 5.73 Å². The molecule has 3 heterocycles. The Morgan fingerprint density at radius 2 is 2.03 bits per heavy atom. The van der Waals surface area contributed by atoms with E-state index in [1.165, 1.54) is 19.3 Å². The minimum atomic E-state index is 0.706. The lowest BCUT2D eigenvalue weighted by atomic mass is 10.1. The molecule has 1 aromatic carbocycles. The summed E-state index contributed by atoms with van der Waals surface area (Å²) in [4.78, 5) is 7.30. The fourth-order valence-corrected chi connectivity index (χ4v) is 5.07. The highest BCUT2D eigenvalue weighted by Crippen LogP contribution is 2.46. The van der Waals surface area contributed by atoms with E-state index in [0.717, 1.165) is 64.4 Å². The van der Waals surface area contributed by atoms with Crippen molar-refractivity contribution < 1.29 is 0 Å². The molecule has 3 aromatic rings. The second-order valence-electron chi connectivity index (χ2n) is 9.88. The molecule has 0 amide bonds. The van der Waals surface area contributed by atoms with Gasteiger partial charge in [0.25, 0.3) is 0 Å². The number of nitrogens with one attached hydrogen (secondary N) is 1. The van der Waals surface area contributed by atoms with Crippen LogP contribution in [-0.2, 0) is 0 Å². The molecule has 180 valence electrons. The summed E-state index contributed by atoms with van der Waals surface area (Å²) < 4.78 is 1.98. The number of benzene rings is 1. The van der Waals surface area contributed by atoms with Crippen LogP contribution < -0.4 is 10.3 Å². The highest BCUT2D eigenvalue weighted by atomic mass is 15.4. The molecule has 6 nitrogen and oxygen atoms in total. The number of nitrogens with zero attached hydrogens (tertiary/aromatic N) is 5. The Labute approximate surface area is 211 Å². The van der Waals surface area contributed by atoms with Gasteiger partial charge in [-0.3, -0.25) is 5.43 Å². The smallest absolute Gasteiger partial charge is 0.160 e. The molecule has 0 radical (unpaired) electrons. The van der Waals surface area contributed by atoms with Gasteiger partial charge in [0.2, 0.25) is 0 Å². The molecule has 2 aliphatic carbocycles. The van der Waals surface area contributed by atoms with Crippen LogP contribution in [0.1, 0.15) is 43.0 Å². The Kier molecular flexibility index (Phi) is 5.88. The van der Waals surface area contributed by atoms with Gasteiger partial charge < -0.3 is 4.90 Å². The molecule has 6 rings (SSSR count). The zero-order valence-corrected chi connectivity index (χ0v) is 20.6. The van der Waals surface area contributed by atoms with Gasteiger partial charge in [-0.25, -0.2) is 4.98 Å². The molecule has 2 aromatic heterocycles. The average molecular weight is 475 g/mol. The second kappa shape index (κ2) is 9.48. The zero-order valence-electron chi connectivity index (χ0n) is 20.6. The molecule has 3 aliphatic rings. The molecule has 1 N–H and O–H groups in total. The third kappa shape index (κ3) is 4.68. The summed E-state index contributed by atoms with van der Waals surface area (Å²) in [5.74, 6) is 3.57. The van der Waals surface area contributed by atoms with Crippen molar-refractivity contribution in [2.45, 2.75) is 26.2 Å². The van der Waals surface area contributed by atoms with Gasteiger partial charge in [0, 0.05) is 30.8 Å². The molecule has 1 unspecified atom stereocenters. The Morgan fingerprint density at radius 1 is 1.17 bits per heavy atom. The fourth-order valence-electron chi connectivity index (χ4n) is 5.07. The van der Waals surface area contributed by atoms with Crippen molar-refractivity contribution in [1.82, 2.24) is 14.6 Å². The van der Waals surface area contributed by atoms with Gasteiger partial charge in [-0.2, -0.15) is 14.7 Å². The first-order valence-electron chi connectivity index (χ1n) is 12.6. The fraction of sp³-hybridized carbons (Fsp3) is 0.267. The monoisotopic (exact) mass is 474 g/mol. The summed E-state index contributed by atoms with van der Waals surface area (Å²) >= 11 is 0. The molecular weight excluding hydrogens is 444 g/mol. The maximum atomic E-state index is 4.97. The summed E-state index contributed by atoms with van der Waals surface area (Å²) in [6.45, 7) is 8.13. The number of hydrogen-bond acceptors (Lipinski definition) is 5. The number of fused-ring (bicyclic) bond motifs is 2. The van der Waals surface area contributed by atoms with Gasteiger partial charge >= 0.3 is 0 Å². The number of anilines is 2. The van der Waals surface area contributed by atoms with E-state index >= 15 is 0 Å². The molecule has 0 spiro atoms. The topological polar surface area (TPSA) is 57.8 Å². The van der Waals surface area contributed by atoms with Crippen LogP contribution in [0.4, 0.5) is 11.6 Å². The summed E-state index contributed by atoms with van der Waals surface area (Å²) in [6.07, 6.45) is 15.6. The lowest BCUT2D eigenvalue weighted by Crippen LogP contribution is -2.27. The zero-order chi connectivity index (χ0) is 24.5. The normalized spacial score (nSPS) is 20.8. The van der Waals surface area contributed by atoms with Crippen molar-refractivity contribution >= 4 is 34.6 Å². The molecule has 0 bridgehead atoms. The highest BCUT2D eigenvalue weighted by Gasteiger charge is 2.39. The van der Waals surface area contributed by atoms with E-state index in [1.54, 1.807) is 0 Å². The number of rotatable bonds is 6. The van der Waals surface area contributed by atoms with E-state index in [9.17, 15) is 0 Å². The van der Waals surface area contributed by atoms with E-state index in [4.69, 9.17) is 10.1 Å².